The second kappa shape index (κ2) is 5.60. The second-order valence-corrected chi connectivity index (χ2v) is 6.55. The van der Waals surface area contributed by atoms with E-state index >= 15 is 0 Å². The Hall–Kier alpha value is -0.570. The summed E-state index contributed by atoms with van der Waals surface area (Å²) in [5, 5.41) is 0. The maximum atomic E-state index is 12.6. The first-order valence-corrected chi connectivity index (χ1v) is 7.40. The molecule has 0 bridgehead atoms. The van der Waals surface area contributed by atoms with E-state index in [1.165, 1.54) is 12.8 Å². The molecule has 2 aliphatic rings. The van der Waals surface area contributed by atoms with Crippen LogP contribution in [0.4, 0.5) is 0 Å². The van der Waals surface area contributed by atoms with Crippen LogP contribution in [0.3, 0.4) is 0 Å². The monoisotopic (exact) mass is 253 g/mol. The molecule has 2 saturated heterocycles. The molecule has 3 heteroatoms. The summed E-state index contributed by atoms with van der Waals surface area (Å²) in [7, 11) is 0. The average molecular weight is 253 g/mol. The maximum Gasteiger partial charge on any atom is 0.228 e. The van der Waals surface area contributed by atoms with Crippen LogP contribution in [0.15, 0.2) is 0 Å². The molecule has 0 atom stereocenters. The molecule has 0 unspecified atom stereocenters. The Labute approximate surface area is 111 Å². The van der Waals surface area contributed by atoms with E-state index in [4.69, 9.17) is 4.74 Å². The number of piperidine rings is 1. The van der Waals surface area contributed by atoms with Gasteiger partial charge in [-0.15, -0.1) is 0 Å². The van der Waals surface area contributed by atoms with E-state index in [0.717, 1.165) is 51.0 Å². The Morgan fingerprint density at radius 1 is 1.22 bits per heavy atom. The van der Waals surface area contributed by atoms with Gasteiger partial charge >= 0.3 is 0 Å². The molecule has 104 valence electrons. The summed E-state index contributed by atoms with van der Waals surface area (Å²) in [5.74, 6) is 1.92. The summed E-state index contributed by atoms with van der Waals surface area (Å²) >= 11 is 0. The number of hydrogen-bond donors (Lipinski definition) is 0. The first-order valence-electron chi connectivity index (χ1n) is 7.40. The highest BCUT2D eigenvalue weighted by molar-refractivity contribution is 5.82. The third kappa shape index (κ3) is 2.87. The summed E-state index contributed by atoms with van der Waals surface area (Å²) < 4.78 is 5.38. The molecule has 0 spiro atoms. The highest BCUT2D eigenvalue weighted by atomic mass is 16.5. The molecule has 2 fully saturated rings. The van der Waals surface area contributed by atoms with E-state index in [0.29, 0.717) is 5.91 Å². The number of hydrogen-bond acceptors (Lipinski definition) is 2. The lowest BCUT2D eigenvalue weighted by Crippen LogP contribution is -2.48. The molecule has 0 aromatic carbocycles. The van der Waals surface area contributed by atoms with Crippen molar-refractivity contribution in [3.63, 3.8) is 0 Å². The van der Waals surface area contributed by atoms with E-state index in [9.17, 15) is 4.79 Å². The van der Waals surface area contributed by atoms with Gasteiger partial charge < -0.3 is 9.64 Å². The number of likely N-dealkylation sites (tertiary alicyclic amines) is 1. The van der Waals surface area contributed by atoms with Crippen LogP contribution < -0.4 is 0 Å². The normalized spacial score (nSPS) is 25.4. The van der Waals surface area contributed by atoms with Gasteiger partial charge in [-0.2, -0.15) is 0 Å². The van der Waals surface area contributed by atoms with Crippen molar-refractivity contribution in [3.05, 3.63) is 0 Å². The summed E-state index contributed by atoms with van der Waals surface area (Å²) in [6.45, 7) is 10.1. The standard InChI is InChI=1S/C15H27NO2/c1-12(2)13-4-8-16(9-5-13)14(17)15(3)6-10-18-11-7-15/h12-13H,4-11H2,1-3H3. The third-order valence-electron chi connectivity index (χ3n) is 4.88. The van der Waals surface area contributed by atoms with Crippen molar-refractivity contribution in [2.24, 2.45) is 17.3 Å². The molecular weight excluding hydrogens is 226 g/mol. The number of ether oxygens (including phenoxy) is 1. The SMILES string of the molecule is CC(C)C1CCN(C(=O)C2(C)CCOCC2)CC1. The van der Waals surface area contributed by atoms with E-state index in [1.807, 2.05) is 0 Å². The van der Waals surface area contributed by atoms with Crippen LogP contribution in [0.2, 0.25) is 0 Å². The van der Waals surface area contributed by atoms with Crippen molar-refractivity contribution in [1.82, 2.24) is 4.90 Å². The fourth-order valence-electron chi connectivity index (χ4n) is 3.19. The number of carbonyl (C=O) groups is 1. The Morgan fingerprint density at radius 2 is 1.78 bits per heavy atom. The molecule has 1 amide bonds. The van der Waals surface area contributed by atoms with Gasteiger partial charge in [-0.05, 0) is 37.5 Å². The summed E-state index contributed by atoms with van der Waals surface area (Å²) in [6, 6.07) is 0. The topological polar surface area (TPSA) is 29.5 Å². The van der Waals surface area contributed by atoms with E-state index in [2.05, 4.69) is 25.7 Å². The van der Waals surface area contributed by atoms with E-state index < -0.39 is 0 Å². The molecule has 2 heterocycles. The van der Waals surface area contributed by atoms with E-state index in [1.54, 1.807) is 0 Å². The van der Waals surface area contributed by atoms with Crippen LogP contribution in [-0.2, 0) is 9.53 Å². The van der Waals surface area contributed by atoms with Gasteiger partial charge in [0.2, 0.25) is 5.91 Å². The van der Waals surface area contributed by atoms with Gasteiger partial charge in [0.1, 0.15) is 0 Å². The lowest BCUT2D eigenvalue weighted by Gasteiger charge is -2.40. The largest absolute Gasteiger partial charge is 0.381 e. The van der Waals surface area contributed by atoms with Gasteiger partial charge in [0.15, 0.2) is 0 Å². The van der Waals surface area contributed by atoms with Crippen LogP contribution in [0.1, 0.15) is 46.5 Å². The molecule has 0 saturated carbocycles. The van der Waals surface area contributed by atoms with Crippen LogP contribution in [0.5, 0.6) is 0 Å². The van der Waals surface area contributed by atoms with Crippen molar-refractivity contribution in [2.75, 3.05) is 26.3 Å². The fraction of sp³-hybridized carbons (Fsp3) is 0.933. The Kier molecular flexibility index (Phi) is 4.31. The minimum Gasteiger partial charge on any atom is -0.381 e. The minimum absolute atomic E-state index is 0.164. The van der Waals surface area contributed by atoms with Gasteiger partial charge in [-0.25, -0.2) is 0 Å². The predicted molar refractivity (Wildman–Crippen MR) is 72.3 cm³/mol. The average Bonchev–Trinajstić information content (AvgIpc) is 2.39. The number of amides is 1. The molecule has 0 aliphatic carbocycles. The quantitative estimate of drug-likeness (QED) is 0.757. The fourth-order valence-corrected chi connectivity index (χ4v) is 3.19. The van der Waals surface area contributed by atoms with Crippen LogP contribution >= 0.6 is 0 Å². The zero-order valence-corrected chi connectivity index (χ0v) is 12.1. The first-order chi connectivity index (χ1) is 8.53. The van der Waals surface area contributed by atoms with Crippen molar-refractivity contribution in [3.8, 4) is 0 Å². The summed E-state index contributed by atoms with van der Waals surface area (Å²) in [5.41, 5.74) is -0.164. The summed E-state index contributed by atoms with van der Waals surface area (Å²) in [4.78, 5) is 14.7. The molecule has 0 aromatic heterocycles. The second-order valence-electron chi connectivity index (χ2n) is 6.55. The smallest absolute Gasteiger partial charge is 0.228 e. The molecule has 0 radical (unpaired) electrons. The predicted octanol–water partition coefficient (Wildman–Crippen LogP) is 2.70. The van der Waals surface area contributed by atoms with Crippen LogP contribution in [0, 0.1) is 17.3 Å². The Bertz CT molecular complexity index is 287. The van der Waals surface area contributed by atoms with Crippen LogP contribution in [0.25, 0.3) is 0 Å². The maximum absolute atomic E-state index is 12.6. The number of rotatable bonds is 2. The van der Waals surface area contributed by atoms with Crippen molar-refractivity contribution < 1.29 is 9.53 Å². The van der Waals surface area contributed by atoms with Gasteiger partial charge in [0.05, 0.1) is 5.41 Å². The molecule has 2 aliphatic heterocycles. The Balaban J connectivity index is 1.90. The van der Waals surface area contributed by atoms with Gasteiger partial charge in [0, 0.05) is 26.3 Å². The minimum atomic E-state index is -0.164. The number of carbonyl (C=O) groups excluding carboxylic acids is 1. The molecular formula is C15H27NO2. The highest BCUT2D eigenvalue weighted by Gasteiger charge is 2.39. The first kappa shape index (κ1) is 13.9. The summed E-state index contributed by atoms with van der Waals surface area (Å²) in [6.07, 6.45) is 4.12. The van der Waals surface area contributed by atoms with Gasteiger partial charge in [0.25, 0.3) is 0 Å². The lowest BCUT2D eigenvalue weighted by molar-refractivity contribution is -0.148. The number of nitrogens with zero attached hydrogens (tertiary/aromatic N) is 1. The molecule has 0 aromatic rings. The van der Waals surface area contributed by atoms with Gasteiger partial charge in [-0.3, -0.25) is 4.79 Å². The molecule has 18 heavy (non-hydrogen) atoms. The zero-order chi connectivity index (χ0) is 13.2. The Morgan fingerprint density at radius 3 is 2.28 bits per heavy atom. The van der Waals surface area contributed by atoms with Crippen molar-refractivity contribution in [1.29, 1.82) is 0 Å². The van der Waals surface area contributed by atoms with Crippen molar-refractivity contribution >= 4 is 5.91 Å². The van der Waals surface area contributed by atoms with E-state index in [-0.39, 0.29) is 5.41 Å². The van der Waals surface area contributed by atoms with Gasteiger partial charge in [-0.1, -0.05) is 20.8 Å². The van der Waals surface area contributed by atoms with Crippen LogP contribution in [-0.4, -0.2) is 37.1 Å². The molecule has 2 rings (SSSR count). The highest BCUT2D eigenvalue weighted by Crippen LogP contribution is 2.34. The lowest BCUT2D eigenvalue weighted by atomic mass is 9.79. The zero-order valence-electron chi connectivity index (χ0n) is 12.1. The third-order valence-corrected chi connectivity index (χ3v) is 4.88. The molecule has 0 N–H and O–H groups in total. The van der Waals surface area contributed by atoms with Crippen molar-refractivity contribution in [2.45, 2.75) is 46.5 Å². The molecule has 3 nitrogen and oxygen atoms in total.